The molecule has 0 aliphatic carbocycles. The molecule has 1 aliphatic rings. The zero-order chi connectivity index (χ0) is 25.2. The number of carbonyl (C=O) groups is 1. The van der Waals surface area contributed by atoms with E-state index in [-0.39, 0.29) is 11.8 Å². The molecule has 33 heavy (non-hydrogen) atoms. The standard InChI is InChI=1S/C20H41N3O7Si3/c1-25-19(24)14-12-23(22-21-14)13-15-16(28-31(3,4)5)17(29-32(6,7)8)18(20(26-2)27-15)30-33(9,10)11/h12,15-18,20H,13H2,1-11H3/t15-,16-,17+,18+,20+/m1/s1. The molecule has 2 heterocycles. The van der Waals surface area contributed by atoms with Crippen molar-refractivity contribution in [1.29, 1.82) is 0 Å². The van der Waals surface area contributed by atoms with Gasteiger partial charge in [-0.05, 0) is 58.9 Å². The SMILES string of the molecule is COC(=O)c1cn(C[C@H]2O[C@H](OC)[C@@H](O[Si](C)(C)C)[C@@H](O[Si](C)(C)C)[C@@H]2O[Si](C)(C)C)nn1. The molecule has 13 heteroatoms. The summed E-state index contributed by atoms with van der Waals surface area (Å²) in [6, 6.07) is 0. The summed E-state index contributed by atoms with van der Waals surface area (Å²) < 4.78 is 38.4. The van der Waals surface area contributed by atoms with Gasteiger partial charge in [-0.25, -0.2) is 9.48 Å². The molecule has 0 spiro atoms. The summed E-state index contributed by atoms with van der Waals surface area (Å²) in [5.41, 5.74) is 0.133. The third-order valence-corrected chi connectivity index (χ3v) is 7.53. The lowest BCUT2D eigenvalue weighted by Crippen LogP contribution is -2.66. The number of nitrogens with zero attached hydrogens (tertiary/aromatic N) is 3. The average molecular weight is 520 g/mol. The van der Waals surface area contributed by atoms with Crippen molar-refractivity contribution in [3.63, 3.8) is 0 Å². The van der Waals surface area contributed by atoms with Gasteiger partial charge in [0, 0.05) is 7.11 Å². The Labute approximate surface area is 200 Å². The molecule has 10 nitrogen and oxygen atoms in total. The zero-order valence-corrected chi connectivity index (χ0v) is 24.9. The lowest BCUT2D eigenvalue weighted by Gasteiger charge is -2.50. The van der Waals surface area contributed by atoms with E-state index >= 15 is 0 Å². The maximum atomic E-state index is 11.8. The van der Waals surface area contributed by atoms with Crippen molar-refractivity contribution < 1.29 is 32.3 Å². The largest absolute Gasteiger partial charge is 0.464 e. The van der Waals surface area contributed by atoms with Crippen LogP contribution in [0.2, 0.25) is 58.9 Å². The van der Waals surface area contributed by atoms with E-state index in [4.69, 9.17) is 27.5 Å². The first-order valence-electron chi connectivity index (χ1n) is 11.2. The summed E-state index contributed by atoms with van der Waals surface area (Å²) in [7, 11) is -3.05. The smallest absolute Gasteiger partial charge is 0.360 e. The number of hydrogen-bond acceptors (Lipinski definition) is 9. The molecule has 0 radical (unpaired) electrons. The molecule has 5 atom stereocenters. The second kappa shape index (κ2) is 10.8. The van der Waals surface area contributed by atoms with Crippen LogP contribution in [0.3, 0.4) is 0 Å². The summed E-state index contributed by atoms with van der Waals surface area (Å²) in [6.45, 7) is 19.6. The van der Waals surface area contributed by atoms with Gasteiger partial charge in [-0.2, -0.15) is 0 Å². The lowest BCUT2D eigenvalue weighted by atomic mass is 9.99. The van der Waals surface area contributed by atoms with Crippen molar-refractivity contribution in [3.8, 4) is 0 Å². The number of carbonyl (C=O) groups excluding carboxylic acids is 1. The van der Waals surface area contributed by atoms with Crippen LogP contribution in [0.5, 0.6) is 0 Å². The fourth-order valence-electron chi connectivity index (χ4n) is 3.61. The van der Waals surface area contributed by atoms with Gasteiger partial charge in [0.25, 0.3) is 0 Å². The van der Waals surface area contributed by atoms with E-state index in [1.165, 1.54) is 7.11 Å². The summed E-state index contributed by atoms with van der Waals surface area (Å²) >= 11 is 0. The van der Waals surface area contributed by atoms with Crippen LogP contribution in [-0.2, 0) is 34.0 Å². The van der Waals surface area contributed by atoms with Gasteiger partial charge in [-0.3, -0.25) is 0 Å². The Bertz CT molecular complexity index is 789. The minimum atomic E-state index is -2.01. The number of aromatic nitrogens is 3. The van der Waals surface area contributed by atoms with E-state index in [9.17, 15) is 4.79 Å². The van der Waals surface area contributed by atoms with Gasteiger partial charge >= 0.3 is 5.97 Å². The minimum Gasteiger partial charge on any atom is -0.464 e. The van der Waals surface area contributed by atoms with Crippen molar-refractivity contribution in [2.24, 2.45) is 0 Å². The zero-order valence-electron chi connectivity index (χ0n) is 21.9. The van der Waals surface area contributed by atoms with Gasteiger partial charge in [0.2, 0.25) is 0 Å². The van der Waals surface area contributed by atoms with Gasteiger partial charge < -0.3 is 27.5 Å². The predicted octanol–water partition coefficient (Wildman–Crippen LogP) is 3.10. The quantitative estimate of drug-likeness (QED) is 0.341. The number of esters is 1. The van der Waals surface area contributed by atoms with Crippen LogP contribution < -0.4 is 0 Å². The first-order valence-corrected chi connectivity index (χ1v) is 21.5. The molecule has 1 aliphatic heterocycles. The van der Waals surface area contributed by atoms with E-state index < -0.39 is 55.5 Å². The van der Waals surface area contributed by atoms with Crippen molar-refractivity contribution in [3.05, 3.63) is 11.9 Å². The van der Waals surface area contributed by atoms with Crippen LogP contribution in [0.15, 0.2) is 6.20 Å². The fraction of sp³-hybridized carbons (Fsp3) is 0.850. The monoisotopic (exact) mass is 519 g/mol. The molecule has 1 fully saturated rings. The predicted molar refractivity (Wildman–Crippen MR) is 132 cm³/mol. The normalized spacial score (nSPS) is 26.9. The molecule has 0 N–H and O–H groups in total. The molecule has 2 rings (SSSR count). The molecule has 190 valence electrons. The highest BCUT2D eigenvalue weighted by atomic mass is 28.4. The maximum Gasteiger partial charge on any atom is 0.360 e. The number of rotatable bonds is 10. The van der Waals surface area contributed by atoms with Gasteiger partial charge in [0.05, 0.1) is 19.9 Å². The first kappa shape index (κ1) is 28.3. The third-order valence-electron chi connectivity index (χ3n) is 4.59. The van der Waals surface area contributed by atoms with Gasteiger partial charge in [0.15, 0.2) is 36.9 Å². The first-order chi connectivity index (χ1) is 15.0. The highest BCUT2D eigenvalue weighted by Gasteiger charge is 2.51. The molecular weight excluding hydrogens is 478 g/mol. The number of hydrogen-bond donors (Lipinski definition) is 0. The topological polar surface area (TPSA) is 103 Å². The summed E-state index contributed by atoms with van der Waals surface area (Å²) in [6.07, 6.45) is -0.733. The van der Waals surface area contributed by atoms with Crippen molar-refractivity contribution in [1.82, 2.24) is 15.0 Å². The van der Waals surface area contributed by atoms with Crippen molar-refractivity contribution >= 4 is 30.9 Å². The van der Waals surface area contributed by atoms with Crippen LogP contribution in [0.4, 0.5) is 0 Å². The van der Waals surface area contributed by atoms with Gasteiger partial charge in [-0.15, -0.1) is 5.10 Å². The highest BCUT2D eigenvalue weighted by molar-refractivity contribution is 6.70. The summed E-state index contributed by atoms with van der Waals surface area (Å²) in [5.74, 6) is -0.543. The highest BCUT2D eigenvalue weighted by Crippen LogP contribution is 2.34. The maximum absolute atomic E-state index is 11.8. The number of ether oxygens (including phenoxy) is 3. The second-order valence-corrected chi connectivity index (χ2v) is 24.6. The number of methoxy groups -OCH3 is 2. The molecule has 0 unspecified atom stereocenters. The van der Waals surface area contributed by atoms with Crippen molar-refractivity contribution in [2.45, 2.75) is 96.2 Å². The Morgan fingerprint density at radius 3 is 1.91 bits per heavy atom. The molecule has 0 amide bonds. The van der Waals surface area contributed by atoms with Crippen LogP contribution in [-0.4, -0.2) is 90.8 Å². The van der Waals surface area contributed by atoms with Crippen LogP contribution in [0, 0.1) is 0 Å². The Morgan fingerprint density at radius 1 is 0.909 bits per heavy atom. The minimum absolute atomic E-state index is 0.133. The molecule has 1 saturated heterocycles. The average Bonchev–Trinajstić information content (AvgIpc) is 3.11. The Balaban J connectivity index is 2.46. The molecule has 0 aromatic carbocycles. The van der Waals surface area contributed by atoms with E-state index in [1.807, 2.05) is 0 Å². The van der Waals surface area contributed by atoms with Crippen molar-refractivity contribution in [2.75, 3.05) is 14.2 Å². The lowest BCUT2D eigenvalue weighted by molar-refractivity contribution is -0.281. The van der Waals surface area contributed by atoms with Gasteiger partial charge in [-0.1, -0.05) is 5.21 Å². The molecule has 0 saturated carbocycles. The van der Waals surface area contributed by atoms with E-state index in [0.29, 0.717) is 6.54 Å². The van der Waals surface area contributed by atoms with Gasteiger partial charge in [0.1, 0.15) is 24.4 Å². The van der Waals surface area contributed by atoms with E-state index in [2.05, 4.69) is 69.2 Å². The molecule has 0 bridgehead atoms. The summed E-state index contributed by atoms with van der Waals surface area (Å²) in [4.78, 5) is 11.8. The van der Waals surface area contributed by atoms with E-state index in [0.717, 1.165) is 0 Å². The third kappa shape index (κ3) is 8.65. The molecule has 1 aromatic rings. The second-order valence-electron chi connectivity index (χ2n) is 11.2. The fourth-order valence-corrected chi connectivity index (χ4v) is 6.86. The van der Waals surface area contributed by atoms with Crippen LogP contribution in [0.25, 0.3) is 0 Å². The van der Waals surface area contributed by atoms with Crippen LogP contribution in [0.1, 0.15) is 10.5 Å². The summed E-state index contributed by atoms with van der Waals surface area (Å²) in [5, 5.41) is 7.99. The molecule has 1 aromatic heterocycles. The van der Waals surface area contributed by atoms with Crippen LogP contribution >= 0.6 is 0 Å². The Morgan fingerprint density at radius 2 is 1.42 bits per heavy atom. The molecular formula is C20H41N3O7Si3. The Hall–Kier alpha value is -0.939. The Kier molecular flexibility index (Phi) is 9.23. The van der Waals surface area contributed by atoms with E-state index in [1.54, 1.807) is 18.0 Å².